The van der Waals surface area contributed by atoms with Gasteiger partial charge >= 0.3 is 0 Å². The first kappa shape index (κ1) is 17.4. The number of benzene rings is 2. The second-order valence-corrected chi connectivity index (χ2v) is 8.01. The Morgan fingerprint density at radius 3 is 2.54 bits per heavy atom. The first-order valence-corrected chi connectivity index (χ1v) is 9.60. The molecule has 142 valence electrons. The first-order chi connectivity index (χ1) is 13.4. The normalized spacial score (nSPS) is 30.7. The number of imide groups is 1. The van der Waals surface area contributed by atoms with Gasteiger partial charge in [0.1, 0.15) is 5.54 Å². The molecule has 28 heavy (non-hydrogen) atoms. The van der Waals surface area contributed by atoms with E-state index in [2.05, 4.69) is 10.6 Å². The molecule has 7 heteroatoms. The summed E-state index contributed by atoms with van der Waals surface area (Å²) in [4.78, 5) is 40.9. The van der Waals surface area contributed by atoms with Gasteiger partial charge in [0.2, 0.25) is 17.7 Å². The Balaban J connectivity index is 1.58. The van der Waals surface area contributed by atoms with Gasteiger partial charge in [-0.15, -0.1) is 0 Å². The SMILES string of the molecule is CC1NC2(C(=O)Nc3ccccc32)[C@@H]2C(=O)N(Cc3ccccc3Cl)C(=O)[C@H]12. The first-order valence-electron chi connectivity index (χ1n) is 9.22. The average molecular weight is 396 g/mol. The maximum absolute atomic E-state index is 13.4. The molecule has 0 aromatic heterocycles. The highest BCUT2D eigenvalue weighted by Crippen LogP contribution is 2.52. The lowest BCUT2D eigenvalue weighted by atomic mass is 9.76. The number of rotatable bonds is 2. The van der Waals surface area contributed by atoms with E-state index in [1.165, 1.54) is 4.90 Å². The van der Waals surface area contributed by atoms with E-state index in [-0.39, 0.29) is 30.3 Å². The smallest absolute Gasteiger partial charge is 0.250 e. The summed E-state index contributed by atoms with van der Waals surface area (Å²) in [7, 11) is 0. The number of amides is 3. The Labute approximate surface area is 166 Å². The summed E-state index contributed by atoms with van der Waals surface area (Å²) in [6.45, 7) is 1.96. The molecule has 1 spiro atoms. The highest BCUT2D eigenvalue weighted by atomic mass is 35.5. The third kappa shape index (κ3) is 2.10. The molecule has 0 radical (unpaired) electrons. The second-order valence-electron chi connectivity index (χ2n) is 7.60. The van der Waals surface area contributed by atoms with E-state index in [1.807, 2.05) is 37.3 Å². The monoisotopic (exact) mass is 395 g/mol. The topological polar surface area (TPSA) is 78.5 Å². The van der Waals surface area contributed by atoms with Gasteiger partial charge in [0.05, 0.1) is 18.4 Å². The number of halogens is 1. The zero-order valence-corrected chi connectivity index (χ0v) is 15.9. The Bertz CT molecular complexity index is 1040. The number of carbonyl (C=O) groups is 3. The molecule has 3 aliphatic rings. The molecule has 2 unspecified atom stereocenters. The van der Waals surface area contributed by atoms with Crippen molar-refractivity contribution in [2.24, 2.45) is 11.8 Å². The van der Waals surface area contributed by atoms with Gasteiger partial charge in [-0.05, 0) is 24.6 Å². The molecule has 3 heterocycles. The van der Waals surface area contributed by atoms with Crippen LogP contribution in [0.25, 0.3) is 0 Å². The number of hydrogen-bond acceptors (Lipinski definition) is 4. The summed E-state index contributed by atoms with van der Waals surface area (Å²) in [6, 6.07) is 14.2. The van der Waals surface area contributed by atoms with Crippen molar-refractivity contribution in [2.75, 3.05) is 5.32 Å². The lowest BCUT2D eigenvalue weighted by Crippen LogP contribution is -2.52. The molecular weight excluding hydrogens is 378 g/mol. The highest BCUT2D eigenvalue weighted by Gasteiger charge is 2.69. The summed E-state index contributed by atoms with van der Waals surface area (Å²) in [6.07, 6.45) is 0. The molecule has 2 saturated heterocycles. The number of hydrogen-bond donors (Lipinski definition) is 2. The maximum atomic E-state index is 13.4. The van der Waals surface area contributed by atoms with Gasteiger partial charge in [-0.2, -0.15) is 0 Å². The lowest BCUT2D eigenvalue weighted by Gasteiger charge is -2.29. The minimum absolute atomic E-state index is 0.108. The van der Waals surface area contributed by atoms with Crippen molar-refractivity contribution in [1.29, 1.82) is 0 Å². The number of likely N-dealkylation sites (tertiary alicyclic amines) is 1. The molecule has 3 aliphatic heterocycles. The second kappa shape index (κ2) is 5.90. The summed E-state index contributed by atoms with van der Waals surface area (Å²) < 4.78 is 0. The van der Waals surface area contributed by atoms with E-state index in [0.717, 1.165) is 5.56 Å². The van der Waals surface area contributed by atoms with Gasteiger partial charge in [0.15, 0.2) is 0 Å². The van der Waals surface area contributed by atoms with Crippen LogP contribution in [0.1, 0.15) is 18.1 Å². The molecule has 2 fully saturated rings. The van der Waals surface area contributed by atoms with Crippen molar-refractivity contribution in [1.82, 2.24) is 10.2 Å². The number of nitrogens with one attached hydrogen (secondary N) is 2. The fourth-order valence-corrected chi connectivity index (χ4v) is 5.13. The van der Waals surface area contributed by atoms with Gasteiger partial charge in [0, 0.05) is 22.3 Å². The van der Waals surface area contributed by atoms with Crippen LogP contribution in [-0.4, -0.2) is 28.7 Å². The number of para-hydroxylation sites is 1. The van der Waals surface area contributed by atoms with Crippen molar-refractivity contribution in [2.45, 2.75) is 25.0 Å². The Kier molecular flexibility index (Phi) is 3.66. The van der Waals surface area contributed by atoms with Gasteiger partial charge in [-0.25, -0.2) is 0 Å². The Hall–Kier alpha value is -2.70. The van der Waals surface area contributed by atoms with E-state index < -0.39 is 17.4 Å². The predicted octanol–water partition coefficient (Wildman–Crippen LogP) is 2.28. The fourth-order valence-electron chi connectivity index (χ4n) is 4.93. The van der Waals surface area contributed by atoms with Crippen LogP contribution < -0.4 is 10.6 Å². The van der Waals surface area contributed by atoms with E-state index in [1.54, 1.807) is 18.2 Å². The summed E-state index contributed by atoms with van der Waals surface area (Å²) >= 11 is 6.23. The zero-order valence-electron chi connectivity index (χ0n) is 15.1. The van der Waals surface area contributed by atoms with Gasteiger partial charge < -0.3 is 5.32 Å². The van der Waals surface area contributed by atoms with Crippen LogP contribution in [0, 0.1) is 11.8 Å². The maximum Gasteiger partial charge on any atom is 0.250 e. The number of fused-ring (bicyclic) bond motifs is 4. The van der Waals surface area contributed by atoms with Crippen molar-refractivity contribution >= 4 is 35.0 Å². The zero-order chi connectivity index (χ0) is 19.6. The highest BCUT2D eigenvalue weighted by molar-refractivity contribution is 6.31. The van der Waals surface area contributed by atoms with Crippen LogP contribution in [0.15, 0.2) is 48.5 Å². The summed E-state index contributed by atoms with van der Waals surface area (Å²) in [5, 5.41) is 6.66. The van der Waals surface area contributed by atoms with Crippen molar-refractivity contribution in [3.8, 4) is 0 Å². The largest absolute Gasteiger partial charge is 0.324 e. The van der Waals surface area contributed by atoms with Crippen molar-refractivity contribution in [3.63, 3.8) is 0 Å². The molecule has 2 N–H and O–H groups in total. The van der Waals surface area contributed by atoms with Crippen LogP contribution in [0.2, 0.25) is 5.02 Å². The number of carbonyl (C=O) groups excluding carboxylic acids is 3. The molecule has 0 aliphatic carbocycles. The number of anilines is 1. The minimum Gasteiger partial charge on any atom is -0.324 e. The van der Waals surface area contributed by atoms with Crippen LogP contribution in [-0.2, 0) is 26.5 Å². The van der Waals surface area contributed by atoms with Crippen LogP contribution >= 0.6 is 11.6 Å². The van der Waals surface area contributed by atoms with Crippen LogP contribution in [0.4, 0.5) is 5.69 Å². The van der Waals surface area contributed by atoms with E-state index >= 15 is 0 Å². The van der Waals surface area contributed by atoms with Gasteiger partial charge in [-0.1, -0.05) is 48.0 Å². The van der Waals surface area contributed by atoms with Gasteiger partial charge in [-0.3, -0.25) is 24.6 Å². The predicted molar refractivity (Wildman–Crippen MR) is 103 cm³/mol. The molecule has 4 atom stereocenters. The molecule has 0 bridgehead atoms. The minimum atomic E-state index is -1.22. The standard InChI is InChI=1S/C21H18ClN3O3/c1-11-16-17(21(24-11)13-7-3-5-9-15(13)23-20(21)28)19(27)25(18(16)26)10-12-6-2-4-8-14(12)22/h2-9,11,16-17,24H,10H2,1H3,(H,23,28)/t11?,16-,17+,21?/m1/s1. The molecule has 6 nitrogen and oxygen atoms in total. The van der Waals surface area contributed by atoms with Crippen molar-refractivity contribution < 1.29 is 14.4 Å². The average Bonchev–Trinajstić information content (AvgIpc) is 3.23. The third-order valence-electron chi connectivity index (χ3n) is 6.15. The van der Waals surface area contributed by atoms with E-state index in [9.17, 15) is 14.4 Å². The van der Waals surface area contributed by atoms with E-state index in [0.29, 0.717) is 16.3 Å². The fraction of sp³-hybridized carbons (Fsp3) is 0.286. The van der Waals surface area contributed by atoms with Crippen LogP contribution in [0.5, 0.6) is 0 Å². The quantitative estimate of drug-likeness (QED) is 0.765. The third-order valence-corrected chi connectivity index (χ3v) is 6.52. The van der Waals surface area contributed by atoms with E-state index in [4.69, 9.17) is 11.6 Å². The summed E-state index contributed by atoms with van der Waals surface area (Å²) in [5.74, 6) is -2.25. The Morgan fingerprint density at radius 2 is 1.75 bits per heavy atom. The Morgan fingerprint density at radius 1 is 1.04 bits per heavy atom. The molecular formula is C21H18ClN3O3. The molecule has 2 aromatic carbocycles. The molecule has 2 aromatic rings. The molecule has 5 rings (SSSR count). The number of nitrogens with zero attached hydrogens (tertiary/aromatic N) is 1. The lowest BCUT2D eigenvalue weighted by molar-refractivity contribution is -0.143. The van der Waals surface area contributed by atoms with Crippen LogP contribution in [0.3, 0.4) is 0 Å². The molecule has 3 amide bonds. The van der Waals surface area contributed by atoms with Gasteiger partial charge in [0.25, 0.3) is 0 Å². The summed E-state index contributed by atoms with van der Waals surface area (Å²) in [5.41, 5.74) is 0.886. The van der Waals surface area contributed by atoms with Crippen molar-refractivity contribution in [3.05, 3.63) is 64.7 Å². The molecule has 0 saturated carbocycles.